The molecular formula is C12H18ClNO. The number of benzene rings is 1. The molecule has 0 spiro atoms. The highest BCUT2D eigenvalue weighted by molar-refractivity contribution is 6.31. The normalized spacial score (nSPS) is 12.7. The predicted molar refractivity (Wildman–Crippen MR) is 64.6 cm³/mol. The molecule has 2 nitrogen and oxygen atoms in total. The Morgan fingerprint density at radius 3 is 2.80 bits per heavy atom. The Hall–Kier alpha value is -0.570. The third-order valence-corrected chi connectivity index (χ3v) is 2.71. The Bertz CT molecular complexity index is 291. The summed E-state index contributed by atoms with van der Waals surface area (Å²) in [6.07, 6.45) is 0. The average molecular weight is 228 g/mol. The van der Waals surface area contributed by atoms with Crippen LogP contribution in [0, 0.1) is 0 Å². The van der Waals surface area contributed by atoms with Crippen LogP contribution in [-0.4, -0.2) is 26.8 Å². The summed E-state index contributed by atoms with van der Waals surface area (Å²) in [6, 6.07) is 7.98. The molecule has 0 aliphatic heterocycles. The smallest absolute Gasteiger partial charge is 0.0587 e. The van der Waals surface area contributed by atoms with E-state index in [1.54, 1.807) is 7.11 Å². The van der Waals surface area contributed by atoms with E-state index in [9.17, 15) is 0 Å². The number of halogens is 1. The lowest BCUT2D eigenvalue weighted by molar-refractivity contribution is 0.199. The van der Waals surface area contributed by atoms with E-state index in [-0.39, 0.29) is 0 Å². The second-order valence-corrected chi connectivity index (χ2v) is 4.03. The molecule has 0 aliphatic carbocycles. The van der Waals surface area contributed by atoms with Crippen LogP contribution in [0.2, 0.25) is 5.02 Å². The van der Waals surface area contributed by atoms with Gasteiger partial charge in [-0.25, -0.2) is 0 Å². The maximum absolute atomic E-state index is 6.11. The summed E-state index contributed by atoms with van der Waals surface area (Å²) >= 11 is 6.11. The van der Waals surface area contributed by atoms with Crippen molar-refractivity contribution in [2.75, 3.05) is 26.8 Å². The van der Waals surface area contributed by atoms with Crippen LogP contribution in [-0.2, 0) is 4.74 Å². The average Bonchev–Trinajstić information content (AvgIpc) is 2.25. The molecule has 0 heterocycles. The van der Waals surface area contributed by atoms with E-state index in [0.717, 1.165) is 24.7 Å². The van der Waals surface area contributed by atoms with Gasteiger partial charge >= 0.3 is 0 Å². The zero-order chi connectivity index (χ0) is 11.1. The Balaban J connectivity index is 2.40. The van der Waals surface area contributed by atoms with Gasteiger partial charge in [-0.05, 0) is 17.5 Å². The van der Waals surface area contributed by atoms with Gasteiger partial charge in [0.1, 0.15) is 0 Å². The van der Waals surface area contributed by atoms with E-state index in [1.165, 1.54) is 5.56 Å². The highest BCUT2D eigenvalue weighted by atomic mass is 35.5. The minimum absolute atomic E-state index is 0.426. The van der Waals surface area contributed by atoms with Crippen molar-refractivity contribution in [3.63, 3.8) is 0 Å². The first-order chi connectivity index (χ1) is 7.25. The highest BCUT2D eigenvalue weighted by Crippen LogP contribution is 2.23. The number of nitrogens with one attached hydrogen (secondary N) is 1. The fourth-order valence-electron chi connectivity index (χ4n) is 1.48. The molecule has 84 valence electrons. The van der Waals surface area contributed by atoms with Crippen molar-refractivity contribution in [1.82, 2.24) is 5.32 Å². The number of methoxy groups -OCH3 is 1. The molecule has 0 saturated heterocycles. The monoisotopic (exact) mass is 227 g/mol. The van der Waals surface area contributed by atoms with Gasteiger partial charge in [0.2, 0.25) is 0 Å². The SMILES string of the molecule is COCCNCC(C)c1ccccc1Cl. The summed E-state index contributed by atoms with van der Waals surface area (Å²) in [4.78, 5) is 0. The lowest BCUT2D eigenvalue weighted by Crippen LogP contribution is -2.24. The van der Waals surface area contributed by atoms with Crippen LogP contribution >= 0.6 is 11.6 Å². The molecule has 0 radical (unpaired) electrons. The minimum atomic E-state index is 0.426. The summed E-state index contributed by atoms with van der Waals surface area (Å²) in [7, 11) is 1.71. The summed E-state index contributed by atoms with van der Waals surface area (Å²) in [5.41, 5.74) is 1.20. The van der Waals surface area contributed by atoms with Gasteiger partial charge in [-0.3, -0.25) is 0 Å². The van der Waals surface area contributed by atoms with E-state index in [2.05, 4.69) is 18.3 Å². The standard InChI is InChI=1S/C12H18ClNO/c1-10(9-14-7-8-15-2)11-5-3-4-6-12(11)13/h3-6,10,14H,7-9H2,1-2H3. The first-order valence-electron chi connectivity index (χ1n) is 5.19. The molecule has 1 atom stereocenters. The van der Waals surface area contributed by atoms with Gasteiger partial charge in [-0.2, -0.15) is 0 Å². The Labute approximate surface area is 96.6 Å². The fraction of sp³-hybridized carbons (Fsp3) is 0.500. The van der Waals surface area contributed by atoms with Gasteiger partial charge in [-0.15, -0.1) is 0 Å². The Morgan fingerprint density at radius 2 is 2.13 bits per heavy atom. The van der Waals surface area contributed by atoms with Crippen molar-refractivity contribution in [3.05, 3.63) is 34.9 Å². The maximum Gasteiger partial charge on any atom is 0.0587 e. The largest absolute Gasteiger partial charge is 0.383 e. The molecule has 0 fully saturated rings. The number of rotatable bonds is 6. The zero-order valence-corrected chi connectivity index (χ0v) is 10.1. The van der Waals surface area contributed by atoms with Crippen LogP contribution in [0.5, 0.6) is 0 Å². The molecule has 1 unspecified atom stereocenters. The van der Waals surface area contributed by atoms with Crippen LogP contribution in [0.25, 0.3) is 0 Å². The van der Waals surface area contributed by atoms with Crippen molar-refractivity contribution in [3.8, 4) is 0 Å². The van der Waals surface area contributed by atoms with E-state index < -0.39 is 0 Å². The Morgan fingerprint density at radius 1 is 1.40 bits per heavy atom. The third-order valence-electron chi connectivity index (χ3n) is 2.37. The first kappa shape index (κ1) is 12.5. The van der Waals surface area contributed by atoms with Gasteiger partial charge in [-0.1, -0.05) is 36.7 Å². The molecule has 0 saturated carbocycles. The molecule has 0 aromatic heterocycles. The molecule has 1 aromatic carbocycles. The van der Waals surface area contributed by atoms with Gasteiger partial charge in [0.25, 0.3) is 0 Å². The van der Waals surface area contributed by atoms with E-state index in [4.69, 9.17) is 16.3 Å². The molecule has 3 heteroatoms. The van der Waals surface area contributed by atoms with Crippen LogP contribution < -0.4 is 5.32 Å². The molecule has 1 rings (SSSR count). The number of hydrogen-bond acceptors (Lipinski definition) is 2. The van der Waals surface area contributed by atoms with Crippen molar-refractivity contribution in [1.29, 1.82) is 0 Å². The minimum Gasteiger partial charge on any atom is -0.383 e. The van der Waals surface area contributed by atoms with Crippen LogP contribution in [0.4, 0.5) is 0 Å². The van der Waals surface area contributed by atoms with Gasteiger partial charge in [0.05, 0.1) is 6.61 Å². The molecular weight excluding hydrogens is 210 g/mol. The molecule has 0 aliphatic rings. The van der Waals surface area contributed by atoms with Crippen molar-refractivity contribution >= 4 is 11.6 Å². The summed E-state index contributed by atoms with van der Waals surface area (Å²) in [6.45, 7) is 4.72. The van der Waals surface area contributed by atoms with E-state index >= 15 is 0 Å². The van der Waals surface area contributed by atoms with E-state index in [1.807, 2.05) is 18.2 Å². The molecule has 1 aromatic rings. The van der Waals surface area contributed by atoms with Gasteiger partial charge in [0.15, 0.2) is 0 Å². The van der Waals surface area contributed by atoms with Crippen molar-refractivity contribution < 1.29 is 4.74 Å². The summed E-state index contributed by atoms with van der Waals surface area (Å²) < 4.78 is 4.96. The van der Waals surface area contributed by atoms with Crippen LogP contribution in [0.15, 0.2) is 24.3 Å². The quantitative estimate of drug-likeness (QED) is 0.755. The number of ether oxygens (including phenoxy) is 1. The fourth-order valence-corrected chi connectivity index (χ4v) is 1.80. The van der Waals surface area contributed by atoms with Crippen LogP contribution in [0.1, 0.15) is 18.4 Å². The molecule has 1 N–H and O–H groups in total. The second-order valence-electron chi connectivity index (χ2n) is 3.62. The van der Waals surface area contributed by atoms with E-state index in [0.29, 0.717) is 5.92 Å². The molecule has 0 amide bonds. The zero-order valence-electron chi connectivity index (χ0n) is 9.29. The number of hydrogen-bond donors (Lipinski definition) is 1. The maximum atomic E-state index is 6.11. The van der Waals surface area contributed by atoms with Crippen LogP contribution in [0.3, 0.4) is 0 Å². The van der Waals surface area contributed by atoms with Crippen molar-refractivity contribution in [2.45, 2.75) is 12.8 Å². The third kappa shape index (κ3) is 4.20. The summed E-state index contributed by atoms with van der Waals surface area (Å²) in [5.74, 6) is 0.426. The predicted octanol–water partition coefficient (Wildman–Crippen LogP) is 2.68. The van der Waals surface area contributed by atoms with Gasteiger partial charge in [0, 0.05) is 25.2 Å². The lowest BCUT2D eigenvalue weighted by atomic mass is 10.0. The Kier molecular flexibility index (Phi) is 5.69. The lowest BCUT2D eigenvalue weighted by Gasteiger charge is -2.14. The highest BCUT2D eigenvalue weighted by Gasteiger charge is 2.07. The van der Waals surface area contributed by atoms with Gasteiger partial charge < -0.3 is 10.1 Å². The molecule has 0 bridgehead atoms. The summed E-state index contributed by atoms with van der Waals surface area (Å²) in [5, 5.41) is 4.17. The van der Waals surface area contributed by atoms with Crippen molar-refractivity contribution in [2.24, 2.45) is 0 Å². The second kappa shape index (κ2) is 6.83. The molecule has 15 heavy (non-hydrogen) atoms. The first-order valence-corrected chi connectivity index (χ1v) is 5.57. The topological polar surface area (TPSA) is 21.3 Å².